The molecule has 2 fully saturated rings. The van der Waals surface area contributed by atoms with Crippen LogP contribution in [-0.4, -0.2) is 37.1 Å². The molecule has 0 aliphatic carbocycles. The second kappa shape index (κ2) is 5.50. The summed E-state index contributed by atoms with van der Waals surface area (Å²) in [6.07, 6.45) is 9.87. The van der Waals surface area contributed by atoms with Gasteiger partial charge in [-0.05, 0) is 78.0 Å². The first-order valence-electron chi connectivity index (χ1n) is 7.12. The number of hydrogen-bond donors (Lipinski definition) is 1. The monoisotopic (exact) mass is 224 g/mol. The molecule has 0 saturated carbocycles. The highest BCUT2D eigenvalue weighted by Crippen LogP contribution is 2.29. The average Bonchev–Trinajstić information content (AvgIpc) is 2.29. The molecule has 2 heterocycles. The number of nitrogens with one attached hydrogen (secondary N) is 1. The molecule has 0 aromatic carbocycles. The Bertz CT molecular complexity index is 201. The summed E-state index contributed by atoms with van der Waals surface area (Å²) >= 11 is 0. The minimum Gasteiger partial charge on any atom is -0.312 e. The van der Waals surface area contributed by atoms with Gasteiger partial charge in [0.25, 0.3) is 0 Å². The minimum absolute atomic E-state index is 0.460. The minimum atomic E-state index is 0.460. The largest absolute Gasteiger partial charge is 0.312 e. The Labute approximate surface area is 101 Å². The average molecular weight is 224 g/mol. The zero-order chi connectivity index (χ0) is 11.4. The topological polar surface area (TPSA) is 15.3 Å². The van der Waals surface area contributed by atoms with Crippen molar-refractivity contribution in [2.24, 2.45) is 5.92 Å². The highest BCUT2D eigenvalue weighted by Gasteiger charge is 2.27. The predicted molar refractivity (Wildman–Crippen MR) is 69.7 cm³/mol. The van der Waals surface area contributed by atoms with Crippen LogP contribution in [0.5, 0.6) is 0 Å². The van der Waals surface area contributed by atoms with Gasteiger partial charge in [-0.3, -0.25) is 0 Å². The third-order valence-electron chi connectivity index (χ3n) is 4.65. The van der Waals surface area contributed by atoms with E-state index in [9.17, 15) is 0 Å². The molecule has 1 atom stereocenters. The van der Waals surface area contributed by atoms with Crippen LogP contribution in [0.15, 0.2) is 0 Å². The SMILES string of the molecule is CN1CCC(CCC2(C)CCCCN2)CC1. The van der Waals surface area contributed by atoms with Gasteiger partial charge >= 0.3 is 0 Å². The molecular formula is C14H28N2. The molecule has 2 aliphatic rings. The molecule has 0 aromatic rings. The van der Waals surface area contributed by atoms with E-state index in [4.69, 9.17) is 0 Å². The standard InChI is InChI=1S/C14H28N2/c1-14(8-3-4-10-15-14)9-5-13-6-11-16(2)12-7-13/h13,15H,3-12H2,1-2H3. The molecule has 94 valence electrons. The highest BCUT2D eigenvalue weighted by molar-refractivity contribution is 4.87. The fraction of sp³-hybridized carbons (Fsp3) is 1.00. The molecular weight excluding hydrogens is 196 g/mol. The van der Waals surface area contributed by atoms with Crippen LogP contribution in [0.4, 0.5) is 0 Å². The lowest BCUT2D eigenvalue weighted by molar-refractivity contribution is 0.184. The van der Waals surface area contributed by atoms with Gasteiger partial charge in [-0.2, -0.15) is 0 Å². The molecule has 0 radical (unpaired) electrons. The molecule has 0 bridgehead atoms. The Morgan fingerprint density at radius 1 is 1.25 bits per heavy atom. The first-order valence-corrected chi connectivity index (χ1v) is 7.12. The lowest BCUT2D eigenvalue weighted by Gasteiger charge is -2.37. The van der Waals surface area contributed by atoms with Crippen LogP contribution in [0, 0.1) is 5.92 Å². The number of nitrogens with zero attached hydrogens (tertiary/aromatic N) is 1. The van der Waals surface area contributed by atoms with Crippen molar-refractivity contribution >= 4 is 0 Å². The van der Waals surface area contributed by atoms with E-state index in [1.54, 1.807) is 0 Å². The molecule has 0 aromatic heterocycles. The van der Waals surface area contributed by atoms with E-state index >= 15 is 0 Å². The van der Waals surface area contributed by atoms with E-state index in [2.05, 4.69) is 24.2 Å². The molecule has 2 saturated heterocycles. The van der Waals surface area contributed by atoms with Crippen LogP contribution in [0.25, 0.3) is 0 Å². The Balaban J connectivity index is 1.70. The van der Waals surface area contributed by atoms with Crippen molar-refractivity contribution in [1.29, 1.82) is 0 Å². The molecule has 1 unspecified atom stereocenters. The molecule has 1 N–H and O–H groups in total. The van der Waals surface area contributed by atoms with Crippen molar-refractivity contribution in [3.05, 3.63) is 0 Å². The Morgan fingerprint density at radius 3 is 2.62 bits per heavy atom. The molecule has 2 heteroatoms. The quantitative estimate of drug-likeness (QED) is 0.793. The van der Waals surface area contributed by atoms with E-state index in [0.29, 0.717) is 5.54 Å². The Morgan fingerprint density at radius 2 is 2.00 bits per heavy atom. The maximum atomic E-state index is 3.73. The number of piperidine rings is 2. The van der Waals surface area contributed by atoms with E-state index in [0.717, 1.165) is 5.92 Å². The maximum absolute atomic E-state index is 3.73. The smallest absolute Gasteiger partial charge is 0.0153 e. The molecule has 0 amide bonds. The van der Waals surface area contributed by atoms with Crippen molar-refractivity contribution in [1.82, 2.24) is 10.2 Å². The van der Waals surface area contributed by atoms with Crippen molar-refractivity contribution in [2.75, 3.05) is 26.7 Å². The summed E-state index contributed by atoms with van der Waals surface area (Å²) in [6.45, 7) is 6.30. The van der Waals surface area contributed by atoms with Gasteiger partial charge < -0.3 is 10.2 Å². The van der Waals surface area contributed by atoms with Gasteiger partial charge in [0, 0.05) is 5.54 Å². The van der Waals surface area contributed by atoms with Crippen LogP contribution < -0.4 is 5.32 Å². The van der Waals surface area contributed by atoms with Gasteiger partial charge in [0.05, 0.1) is 0 Å². The van der Waals surface area contributed by atoms with Gasteiger partial charge in [0.2, 0.25) is 0 Å². The lowest BCUT2D eigenvalue weighted by atomic mass is 9.82. The highest BCUT2D eigenvalue weighted by atomic mass is 15.1. The van der Waals surface area contributed by atoms with Crippen LogP contribution in [0.1, 0.15) is 51.9 Å². The van der Waals surface area contributed by atoms with Gasteiger partial charge in [-0.15, -0.1) is 0 Å². The van der Waals surface area contributed by atoms with E-state index in [1.165, 1.54) is 64.6 Å². The maximum Gasteiger partial charge on any atom is 0.0153 e. The lowest BCUT2D eigenvalue weighted by Crippen LogP contribution is -2.46. The third kappa shape index (κ3) is 3.46. The molecule has 2 rings (SSSR count). The zero-order valence-electron chi connectivity index (χ0n) is 11.1. The Hall–Kier alpha value is -0.0800. The van der Waals surface area contributed by atoms with Crippen molar-refractivity contribution in [3.63, 3.8) is 0 Å². The normalized spacial score (nSPS) is 34.1. The second-order valence-corrected chi connectivity index (χ2v) is 6.23. The third-order valence-corrected chi connectivity index (χ3v) is 4.65. The predicted octanol–water partition coefficient (Wildman–Crippen LogP) is 2.64. The van der Waals surface area contributed by atoms with Gasteiger partial charge in [-0.1, -0.05) is 6.42 Å². The summed E-state index contributed by atoms with van der Waals surface area (Å²) < 4.78 is 0. The van der Waals surface area contributed by atoms with Crippen molar-refractivity contribution < 1.29 is 0 Å². The van der Waals surface area contributed by atoms with Crippen LogP contribution >= 0.6 is 0 Å². The van der Waals surface area contributed by atoms with Gasteiger partial charge in [-0.25, -0.2) is 0 Å². The molecule has 0 spiro atoms. The van der Waals surface area contributed by atoms with Crippen LogP contribution in [0.2, 0.25) is 0 Å². The summed E-state index contributed by atoms with van der Waals surface area (Å²) in [4.78, 5) is 2.47. The van der Waals surface area contributed by atoms with E-state index < -0.39 is 0 Å². The molecule has 2 nitrogen and oxygen atoms in total. The van der Waals surface area contributed by atoms with E-state index in [-0.39, 0.29) is 0 Å². The second-order valence-electron chi connectivity index (χ2n) is 6.23. The summed E-state index contributed by atoms with van der Waals surface area (Å²) in [6, 6.07) is 0. The van der Waals surface area contributed by atoms with Crippen LogP contribution in [0.3, 0.4) is 0 Å². The van der Waals surface area contributed by atoms with Gasteiger partial charge in [0.15, 0.2) is 0 Å². The summed E-state index contributed by atoms with van der Waals surface area (Å²) in [5.41, 5.74) is 0.460. The number of likely N-dealkylation sites (tertiary alicyclic amines) is 1. The summed E-state index contributed by atoms with van der Waals surface area (Å²) in [5, 5.41) is 3.73. The van der Waals surface area contributed by atoms with Crippen molar-refractivity contribution in [3.8, 4) is 0 Å². The van der Waals surface area contributed by atoms with Crippen molar-refractivity contribution in [2.45, 2.75) is 57.4 Å². The first kappa shape index (κ1) is 12.4. The van der Waals surface area contributed by atoms with E-state index in [1.807, 2.05) is 0 Å². The van der Waals surface area contributed by atoms with Gasteiger partial charge in [0.1, 0.15) is 0 Å². The molecule has 16 heavy (non-hydrogen) atoms. The van der Waals surface area contributed by atoms with Crippen LogP contribution in [-0.2, 0) is 0 Å². The first-order chi connectivity index (χ1) is 7.68. The number of hydrogen-bond acceptors (Lipinski definition) is 2. The summed E-state index contributed by atoms with van der Waals surface area (Å²) in [7, 11) is 2.25. The fourth-order valence-corrected chi connectivity index (χ4v) is 3.21. The zero-order valence-corrected chi connectivity index (χ0v) is 11.1. The fourth-order valence-electron chi connectivity index (χ4n) is 3.21. The Kier molecular flexibility index (Phi) is 4.26. The number of rotatable bonds is 3. The summed E-state index contributed by atoms with van der Waals surface area (Å²) in [5.74, 6) is 0.997. The molecule has 2 aliphatic heterocycles.